The lowest BCUT2D eigenvalue weighted by atomic mass is 10.1. The van der Waals surface area contributed by atoms with Crippen molar-refractivity contribution in [3.63, 3.8) is 0 Å². The number of ether oxygens (including phenoxy) is 1. The van der Waals surface area contributed by atoms with Crippen LogP contribution in [-0.2, 0) is 11.3 Å². The molecule has 0 saturated carbocycles. The number of nitrogens with zero attached hydrogens (tertiary/aromatic N) is 1. The Morgan fingerprint density at radius 1 is 1.21 bits per heavy atom. The molecule has 1 atom stereocenters. The van der Waals surface area contributed by atoms with Gasteiger partial charge in [0, 0.05) is 32.6 Å². The molecule has 2 aromatic rings. The molecule has 3 nitrogen and oxygen atoms in total. The van der Waals surface area contributed by atoms with Crippen LogP contribution in [0.15, 0.2) is 48.8 Å². The van der Waals surface area contributed by atoms with Crippen molar-refractivity contribution in [3.05, 3.63) is 59.9 Å². The minimum absolute atomic E-state index is 0.369. The summed E-state index contributed by atoms with van der Waals surface area (Å²) in [7, 11) is 1.72. The Labute approximate surface area is 115 Å². The zero-order valence-corrected chi connectivity index (χ0v) is 11.7. The molecular weight excluding hydrogens is 236 g/mol. The van der Waals surface area contributed by atoms with Gasteiger partial charge in [-0.25, -0.2) is 0 Å². The maximum atomic E-state index is 5.01. The average Bonchev–Trinajstić information content (AvgIpc) is 2.92. The van der Waals surface area contributed by atoms with Crippen molar-refractivity contribution in [2.24, 2.45) is 0 Å². The molecule has 0 unspecified atom stereocenters. The van der Waals surface area contributed by atoms with Gasteiger partial charge in [0.2, 0.25) is 0 Å². The third-order valence-electron chi connectivity index (χ3n) is 3.32. The fourth-order valence-corrected chi connectivity index (χ4v) is 2.12. The van der Waals surface area contributed by atoms with Gasteiger partial charge in [-0.3, -0.25) is 0 Å². The lowest BCUT2D eigenvalue weighted by Gasteiger charge is -2.13. The van der Waals surface area contributed by atoms with E-state index in [1.165, 1.54) is 11.1 Å². The first-order chi connectivity index (χ1) is 9.31. The van der Waals surface area contributed by atoms with Gasteiger partial charge in [-0.2, -0.15) is 0 Å². The standard InChI is InChI=1S/C16H22N2O/c1-14(16-6-4-3-5-7-16)18-10-8-15(13-18)12-17-9-11-19-2/h3-8,10,13-14,17H,9,11-12H2,1-2H3/t14-/m1/s1. The monoisotopic (exact) mass is 258 g/mol. The predicted octanol–water partition coefficient (Wildman–Crippen LogP) is 2.83. The number of rotatable bonds is 7. The van der Waals surface area contributed by atoms with Gasteiger partial charge in [-0.15, -0.1) is 0 Å². The van der Waals surface area contributed by atoms with Crippen LogP contribution in [0.1, 0.15) is 24.1 Å². The summed E-state index contributed by atoms with van der Waals surface area (Å²) in [6.07, 6.45) is 4.35. The number of benzene rings is 1. The molecule has 1 aromatic heterocycles. The maximum Gasteiger partial charge on any atom is 0.0587 e. The minimum Gasteiger partial charge on any atom is -0.383 e. The lowest BCUT2D eigenvalue weighted by Crippen LogP contribution is -2.18. The fraction of sp³-hybridized carbons (Fsp3) is 0.375. The SMILES string of the molecule is COCCNCc1ccn([C@H](C)c2ccccc2)c1. The summed E-state index contributed by atoms with van der Waals surface area (Å²) >= 11 is 0. The van der Waals surface area contributed by atoms with Crippen LogP contribution in [-0.4, -0.2) is 24.8 Å². The molecule has 3 heteroatoms. The molecule has 0 aliphatic heterocycles. The Bertz CT molecular complexity index is 479. The highest BCUT2D eigenvalue weighted by molar-refractivity contribution is 5.21. The van der Waals surface area contributed by atoms with E-state index in [4.69, 9.17) is 4.74 Å². The predicted molar refractivity (Wildman–Crippen MR) is 78.3 cm³/mol. The van der Waals surface area contributed by atoms with Crippen LogP contribution < -0.4 is 5.32 Å². The van der Waals surface area contributed by atoms with Crippen molar-refractivity contribution in [2.45, 2.75) is 19.5 Å². The van der Waals surface area contributed by atoms with Crippen LogP contribution >= 0.6 is 0 Å². The Morgan fingerprint density at radius 3 is 2.74 bits per heavy atom. The lowest BCUT2D eigenvalue weighted by molar-refractivity contribution is 0.199. The van der Waals surface area contributed by atoms with Crippen LogP contribution in [0.3, 0.4) is 0 Å². The molecule has 0 fully saturated rings. The Morgan fingerprint density at radius 2 is 2.00 bits per heavy atom. The summed E-state index contributed by atoms with van der Waals surface area (Å²) in [5.74, 6) is 0. The van der Waals surface area contributed by atoms with Crippen LogP contribution in [0, 0.1) is 0 Å². The van der Waals surface area contributed by atoms with E-state index in [0.717, 1.165) is 19.7 Å². The first-order valence-electron chi connectivity index (χ1n) is 6.72. The fourth-order valence-electron chi connectivity index (χ4n) is 2.12. The number of hydrogen-bond acceptors (Lipinski definition) is 2. The first-order valence-corrected chi connectivity index (χ1v) is 6.72. The third-order valence-corrected chi connectivity index (χ3v) is 3.32. The van der Waals surface area contributed by atoms with Crippen molar-refractivity contribution in [2.75, 3.05) is 20.3 Å². The molecule has 102 valence electrons. The van der Waals surface area contributed by atoms with Gasteiger partial charge in [-0.05, 0) is 24.1 Å². The summed E-state index contributed by atoms with van der Waals surface area (Å²) in [6, 6.07) is 13.1. The van der Waals surface area contributed by atoms with Crippen LogP contribution in [0.5, 0.6) is 0 Å². The second-order valence-corrected chi connectivity index (χ2v) is 4.72. The smallest absolute Gasteiger partial charge is 0.0587 e. The second kappa shape index (κ2) is 7.12. The van der Waals surface area contributed by atoms with Crippen molar-refractivity contribution in [1.29, 1.82) is 0 Å². The van der Waals surface area contributed by atoms with E-state index >= 15 is 0 Å². The van der Waals surface area contributed by atoms with Gasteiger partial charge in [0.05, 0.1) is 12.6 Å². The zero-order valence-electron chi connectivity index (χ0n) is 11.7. The number of methoxy groups -OCH3 is 1. The molecule has 0 radical (unpaired) electrons. The molecule has 0 spiro atoms. The molecule has 19 heavy (non-hydrogen) atoms. The van der Waals surface area contributed by atoms with Gasteiger partial charge in [-0.1, -0.05) is 30.3 Å². The molecule has 0 aliphatic rings. The van der Waals surface area contributed by atoms with Crippen molar-refractivity contribution in [3.8, 4) is 0 Å². The molecule has 1 N–H and O–H groups in total. The van der Waals surface area contributed by atoms with E-state index in [2.05, 4.69) is 65.6 Å². The number of aromatic nitrogens is 1. The highest BCUT2D eigenvalue weighted by atomic mass is 16.5. The highest BCUT2D eigenvalue weighted by Crippen LogP contribution is 2.18. The van der Waals surface area contributed by atoms with Gasteiger partial charge in [0.15, 0.2) is 0 Å². The quantitative estimate of drug-likeness (QED) is 0.773. The Kier molecular flexibility index (Phi) is 5.19. The molecule has 1 heterocycles. The van der Waals surface area contributed by atoms with Gasteiger partial charge >= 0.3 is 0 Å². The summed E-state index contributed by atoms with van der Waals surface area (Å²) in [5.41, 5.74) is 2.64. The molecule has 1 aromatic carbocycles. The average molecular weight is 258 g/mol. The number of nitrogens with one attached hydrogen (secondary N) is 1. The van der Waals surface area contributed by atoms with E-state index in [9.17, 15) is 0 Å². The summed E-state index contributed by atoms with van der Waals surface area (Å²) in [4.78, 5) is 0. The largest absolute Gasteiger partial charge is 0.383 e. The van der Waals surface area contributed by atoms with E-state index in [1.807, 2.05) is 0 Å². The van der Waals surface area contributed by atoms with Crippen LogP contribution in [0.2, 0.25) is 0 Å². The summed E-state index contributed by atoms with van der Waals surface area (Å²) in [6.45, 7) is 4.74. The van der Waals surface area contributed by atoms with Crippen LogP contribution in [0.25, 0.3) is 0 Å². The van der Waals surface area contributed by atoms with E-state index in [0.29, 0.717) is 6.04 Å². The van der Waals surface area contributed by atoms with Crippen molar-refractivity contribution < 1.29 is 4.74 Å². The summed E-state index contributed by atoms with van der Waals surface area (Å²) < 4.78 is 7.27. The maximum absolute atomic E-state index is 5.01. The third kappa shape index (κ3) is 3.94. The normalized spacial score (nSPS) is 12.5. The molecule has 0 saturated heterocycles. The Balaban J connectivity index is 1.93. The zero-order chi connectivity index (χ0) is 13.5. The molecule has 0 amide bonds. The molecule has 2 rings (SSSR count). The minimum atomic E-state index is 0.369. The summed E-state index contributed by atoms with van der Waals surface area (Å²) in [5, 5.41) is 3.36. The topological polar surface area (TPSA) is 26.2 Å². The van der Waals surface area contributed by atoms with Gasteiger partial charge < -0.3 is 14.6 Å². The van der Waals surface area contributed by atoms with Crippen molar-refractivity contribution in [1.82, 2.24) is 9.88 Å². The highest BCUT2D eigenvalue weighted by Gasteiger charge is 2.06. The molecule has 0 aliphatic carbocycles. The van der Waals surface area contributed by atoms with E-state index in [1.54, 1.807) is 7.11 Å². The van der Waals surface area contributed by atoms with Gasteiger partial charge in [0.25, 0.3) is 0 Å². The van der Waals surface area contributed by atoms with E-state index in [-0.39, 0.29) is 0 Å². The second-order valence-electron chi connectivity index (χ2n) is 4.72. The molecular formula is C16H22N2O. The first kappa shape index (κ1) is 13.8. The molecule has 0 bridgehead atoms. The van der Waals surface area contributed by atoms with Gasteiger partial charge in [0.1, 0.15) is 0 Å². The Hall–Kier alpha value is -1.58. The van der Waals surface area contributed by atoms with Crippen molar-refractivity contribution >= 4 is 0 Å². The van der Waals surface area contributed by atoms with Crippen LogP contribution in [0.4, 0.5) is 0 Å². The number of hydrogen-bond donors (Lipinski definition) is 1. The van der Waals surface area contributed by atoms with E-state index < -0.39 is 0 Å².